The molecule has 0 radical (unpaired) electrons. The number of anilines is 1. The smallest absolute Gasteiger partial charge is 0.238 e. The molecule has 3 rings (SSSR count). The Kier molecular flexibility index (Phi) is 5.81. The molecule has 132 valence electrons. The lowest BCUT2D eigenvalue weighted by atomic mass is 10.0. The topological polar surface area (TPSA) is 67.6 Å². The zero-order chi connectivity index (χ0) is 17.6. The molecule has 0 spiro atoms. The van der Waals surface area contributed by atoms with Crippen molar-refractivity contribution in [2.45, 2.75) is 19.1 Å². The fourth-order valence-corrected chi connectivity index (χ4v) is 3.16. The molecule has 2 aromatic carbocycles. The fraction of sp³-hybridized carbons (Fsp3) is 0.350. The number of hydrogen-bond donors (Lipinski definition) is 2. The van der Waals surface area contributed by atoms with Crippen molar-refractivity contribution in [3.8, 4) is 0 Å². The molecule has 25 heavy (non-hydrogen) atoms. The molecule has 0 bridgehead atoms. The van der Waals surface area contributed by atoms with Crippen LogP contribution in [0.15, 0.2) is 54.6 Å². The highest BCUT2D eigenvalue weighted by Crippen LogP contribution is 2.29. The molecular formula is C20H25N3O2. The molecule has 5 heteroatoms. The lowest BCUT2D eigenvalue weighted by Gasteiger charge is -2.37. The molecule has 0 unspecified atom stereocenters. The summed E-state index contributed by atoms with van der Waals surface area (Å²) >= 11 is 0. The number of carbonyl (C=O) groups is 1. The molecule has 0 saturated carbocycles. The van der Waals surface area contributed by atoms with Gasteiger partial charge in [-0.25, -0.2) is 0 Å². The van der Waals surface area contributed by atoms with Crippen molar-refractivity contribution in [1.29, 1.82) is 0 Å². The van der Waals surface area contributed by atoms with Gasteiger partial charge >= 0.3 is 0 Å². The fourth-order valence-electron chi connectivity index (χ4n) is 3.16. The number of amides is 1. The predicted molar refractivity (Wildman–Crippen MR) is 99.2 cm³/mol. The average Bonchev–Trinajstić information content (AvgIpc) is 2.68. The van der Waals surface area contributed by atoms with E-state index < -0.39 is 0 Å². The summed E-state index contributed by atoms with van der Waals surface area (Å²) in [7, 11) is 0. The van der Waals surface area contributed by atoms with Gasteiger partial charge in [-0.2, -0.15) is 0 Å². The summed E-state index contributed by atoms with van der Waals surface area (Å²) in [6.07, 6.45) is 0.0409. The van der Waals surface area contributed by atoms with E-state index in [1.54, 1.807) is 0 Å². The van der Waals surface area contributed by atoms with E-state index in [2.05, 4.69) is 41.4 Å². The van der Waals surface area contributed by atoms with Crippen LogP contribution in [0.4, 0.5) is 5.69 Å². The zero-order valence-electron chi connectivity index (χ0n) is 14.5. The van der Waals surface area contributed by atoms with Gasteiger partial charge in [0.15, 0.2) is 0 Å². The SMILES string of the molecule is C[C@H](c1ccccc1)N1CCO[C@@H](c2ccc(NC(=O)CN)cc2)C1. The first-order chi connectivity index (χ1) is 12.2. The van der Waals surface area contributed by atoms with Crippen LogP contribution in [0.3, 0.4) is 0 Å². The van der Waals surface area contributed by atoms with E-state index in [4.69, 9.17) is 10.5 Å². The van der Waals surface area contributed by atoms with Crippen LogP contribution in [0, 0.1) is 0 Å². The summed E-state index contributed by atoms with van der Waals surface area (Å²) in [5, 5.41) is 2.76. The number of rotatable bonds is 5. The molecular weight excluding hydrogens is 314 g/mol. The van der Waals surface area contributed by atoms with E-state index in [9.17, 15) is 4.79 Å². The Hall–Kier alpha value is -2.21. The summed E-state index contributed by atoms with van der Waals surface area (Å²) in [5.74, 6) is -0.190. The van der Waals surface area contributed by atoms with E-state index in [1.165, 1.54) is 5.56 Å². The second kappa shape index (κ2) is 8.25. The van der Waals surface area contributed by atoms with Crippen molar-refractivity contribution in [2.75, 3.05) is 31.6 Å². The van der Waals surface area contributed by atoms with Crippen LogP contribution in [-0.2, 0) is 9.53 Å². The summed E-state index contributed by atoms with van der Waals surface area (Å²) in [6, 6.07) is 18.7. The Morgan fingerprint density at radius 2 is 1.96 bits per heavy atom. The van der Waals surface area contributed by atoms with Crippen LogP contribution in [0.2, 0.25) is 0 Å². The Morgan fingerprint density at radius 3 is 2.64 bits per heavy atom. The molecule has 1 amide bonds. The minimum atomic E-state index is -0.190. The molecule has 0 aromatic heterocycles. The van der Waals surface area contributed by atoms with Gasteiger partial charge in [0.2, 0.25) is 5.91 Å². The van der Waals surface area contributed by atoms with Crippen molar-refractivity contribution < 1.29 is 9.53 Å². The zero-order valence-corrected chi connectivity index (χ0v) is 14.5. The van der Waals surface area contributed by atoms with Gasteiger partial charge in [-0.15, -0.1) is 0 Å². The van der Waals surface area contributed by atoms with Gasteiger partial charge in [-0.3, -0.25) is 9.69 Å². The number of nitrogens with two attached hydrogens (primary N) is 1. The van der Waals surface area contributed by atoms with E-state index >= 15 is 0 Å². The first-order valence-corrected chi connectivity index (χ1v) is 8.68. The second-order valence-corrected chi connectivity index (χ2v) is 6.32. The lowest BCUT2D eigenvalue weighted by molar-refractivity contribution is -0.114. The first kappa shape index (κ1) is 17.6. The Bertz CT molecular complexity index is 688. The van der Waals surface area contributed by atoms with E-state index in [0.29, 0.717) is 12.6 Å². The Labute approximate surface area is 148 Å². The molecule has 5 nitrogen and oxygen atoms in total. The highest BCUT2D eigenvalue weighted by molar-refractivity contribution is 5.92. The molecule has 0 aliphatic carbocycles. The van der Waals surface area contributed by atoms with Gasteiger partial charge < -0.3 is 15.8 Å². The number of morpholine rings is 1. The van der Waals surface area contributed by atoms with Crippen LogP contribution in [0.5, 0.6) is 0 Å². The average molecular weight is 339 g/mol. The number of nitrogens with zero attached hydrogens (tertiary/aromatic N) is 1. The highest BCUT2D eigenvalue weighted by Gasteiger charge is 2.25. The number of carbonyl (C=O) groups excluding carboxylic acids is 1. The largest absolute Gasteiger partial charge is 0.371 e. The quantitative estimate of drug-likeness (QED) is 0.879. The van der Waals surface area contributed by atoms with Gasteiger partial charge in [-0.05, 0) is 30.2 Å². The number of benzene rings is 2. The lowest BCUT2D eigenvalue weighted by Crippen LogP contribution is -2.39. The van der Waals surface area contributed by atoms with E-state index in [-0.39, 0.29) is 18.6 Å². The van der Waals surface area contributed by atoms with Crippen molar-refractivity contribution in [1.82, 2.24) is 4.90 Å². The molecule has 1 aliphatic rings. The van der Waals surface area contributed by atoms with Crippen LogP contribution in [-0.4, -0.2) is 37.0 Å². The van der Waals surface area contributed by atoms with Crippen LogP contribution >= 0.6 is 0 Å². The number of hydrogen-bond acceptors (Lipinski definition) is 4. The second-order valence-electron chi connectivity index (χ2n) is 6.32. The molecule has 1 fully saturated rings. The monoisotopic (exact) mass is 339 g/mol. The minimum absolute atomic E-state index is 0.0141. The molecule has 3 N–H and O–H groups in total. The van der Waals surface area contributed by atoms with Crippen LogP contribution < -0.4 is 11.1 Å². The summed E-state index contributed by atoms with van der Waals surface area (Å²) in [6.45, 7) is 4.72. The maximum Gasteiger partial charge on any atom is 0.238 e. The Balaban J connectivity index is 1.66. The van der Waals surface area contributed by atoms with Crippen molar-refractivity contribution in [3.63, 3.8) is 0 Å². The molecule has 2 atom stereocenters. The van der Waals surface area contributed by atoms with Gasteiger partial charge in [0.05, 0.1) is 19.3 Å². The Morgan fingerprint density at radius 1 is 1.24 bits per heavy atom. The third-order valence-electron chi connectivity index (χ3n) is 4.68. The minimum Gasteiger partial charge on any atom is -0.371 e. The molecule has 2 aromatic rings. The van der Waals surface area contributed by atoms with Crippen molar-refractivity contribution in [2.24, 2.45) is 5.73 Å². The van der Waals surface area contributed by atoms with Crippen LogP contribution in [0.1, 0.15) is 30.2 Å². The van der Waals surface area contributed by atoms with Gasteiger partial charge in [0.25, 0.3) is 0 Å². The number of ether oxygens (including phenoxy) is 1. The first-order valence-electron chi connectivity index (χ1n) is 8.68. The van der Waals surface area contributed by atoms with E-state index in [0.717, 1.165) is 24.3 Å². The van der Waals surface area contributed by atoms with Crippen LogP contribution in [0.25, 0.3) is 0 Å². The molecule has 1 heterocycles. The highest BCUT2D eigenvalue weighted by atomic mass is 16.5. The maximum absolute atomic E-state index is 11.4. The summed E-state index contributed by atoms with van der Waals surface area (Å²) < 4.78 is 5.97. The third-order valence-corrected chi connectivity index (χ3v) is 4.68. The molecule has 1 aliphatic heterocycles. The standard InChI is InChI=1S/C20H25N3O2/c1-15(16-5-3-2-4-6-16)23-11-12-25-19(14-23)17-7-9-18(10-8-17)22-20(24)13-21/h2-10,15,19H,11-14,21H2,1H3,(H,22,24)/t15-,19-/m1/s1. The van der Waals surface area contributed by atoms with Crippen molar-refractivity contribution >= 4 is 11.6 Å². The predicted octanol–water partition coefficient (Wildman–Crippen LogP) is 2.72. The molecule has 1 saturated heterocycles. The summed E-state index contributed by atoms with van der Waals surface area (Å²) in [4.78, 5) is 13.8. The van der Waals surface area contributed by atoms with Gasteiger partial charge in [0.1, 0.15) is 0 Å². The number of nitrogens with one attached hydrogen (secondary N) is 1. The van der Waals surface area contributed by atoms with Gasteiger partial charge in [0, 0.05) is 24.8 Å². The van der Waals surface area contributed by atoms with Crippen molar-refractivity contribution in [3.05, 3.63) is 65.7 Å². The summed E-state index contributed by atoms with van der Waals surface area (Å²) in [5.41, 5.74) is 8.52. The van der Waals surface area contributed by atoms with Gasteiger partial charge in [-0.1, -0.05) is 42.5 Å². The maximum atomic E-state index is 11.4. The third kappa shape index (κ3) is 4.45. The normalized spacial score (nSPS) is 19.4. The van der Waals surface area contributed by atoms with E-state index in [1.807, 2.05) is 30.3 Å².